The van der Waals surface area contributed by atoms with Crippen LogP contribution in [0.15, 0.2) is 29.0 Å². The minimum Gasteiger partial charge on any atom is -0.359 e. The number of hydrogen-bond donors (Lipinski definition) is 0. The summed E-state index contributed by atoms with van der Waals surface area (Å²) in [5.74, 6) is 5.93. The third-order valence-corrected chi connectivity index (χ3v) is 2.88. The van der Waals surface area contributed by atoms with E-state index in [2.05, 4.69) is 33.5 Å². The van der Waals surface area contributed by atoms with Crippen molar-refractivity contribution >= 4 is 0 Å². The lowest BCUT2D eigenvalue weighted by molar-refractivity contribution is -0.793. The van der Waals surface area contributed by atoms with Crippen molar-refractivity contribution in [3.63, 3.8) is 0 Å². The van der Waals surface area contributed by atoms with E-state index in [1.165, 1.54) is 19.3 Å². The highest BCUT2D eigenvalue weighted by Gasteiger charge is 2.20. The first-order valence-corrected chi connectivity index (χ1v) is 6.83. The summed E-state index contributed by atoms with van der Waals surface area (Å²) in [6.45, 7) is 2.17. The van der Waals surface area contributed by atoms with Crippen LogP contribution < -0.4 is 4.90 Å². The van der Waals surface area contributed by atoms with Crippen LogP contribution in [0.3, 0.4) is 0 Å². The average Bonchev–Trinajstić information content (AvgIpc) is 2.84. The summed E-state index contributed by atoms with van der Waals surface area (Å²) in [5, 5.41) is 15.3. The van der Waals surface area contributed by atoms with Gasteiger partial charge in [-0.1, -0.05) is 38.2 Å². The van der Waals surface area contributed by atoms with Crippen molar-refractivity contribution in [3.8, 4) is 23.2 Å². The Bertz CT molecular complexity index is 597. The molecule has 0 atom stereocenters. The highest BCUT2D eigenvalue weighted by molar-refractivity contribution is 5.57. The van der Waals surface area contributed by atoms with Crippen LogP contribution in [0.2, 0.25) is 0 Å². The van der Waals surface area contributed by atoms with E-state index >= 15 is 0 Å². The maximum atomic E-state index is 11.6. The Kier molecular flexibility index (Phi) is 5.13. The quantitative estimate of drug-likeness (QED) is 0.476. The summed E-state index contributed by atoms with van der Waals surface area (Å²) in [5.41, 5.74) is 1.12. The molecule has 0 saturated carbocycles. The summed E-state index contributed by atoms with van der Waals surface area (Å²) < 4.78 is 4.61. The van der Waals surface area contributed by atoms with Gasteiger partial charge in [-0.05, 0) is 29.4 Å². The van der Waals surface area contributed by atoms with Gasteiger partial charge >= 0.3 is 5.69 Å². The van der Waals surface area contributed by atoms with Gasteiger partial charge in [-0.2, -0.15) is 0 Å². The summed E-state index contributed by atoms with van der Waals surface area (Å²) in [4.78, 5) is 4.47. The van der Waals surface area contributed by atoms with Crippen LogP contribution in [0, 0.1) is 17.0 Å². The van der Waals surface area contributed by atoms with Gasteiger partial charge in [0.25, 0.3) is 5.69 Å². The second-order valence-electron chi connectivity index (χ2n) is 4.45. The first-order valence-electron chi connectivity index (χ1n) is 6.83. The maximum absolute atomic E-state index is 11.6. The number of nitrogens with zero attached hydrogens (tertiary/aromatic N) is 3. The predicted octanol–water partition coefficient (Wildman–Crippen LogP) is 2.69. The van der Waals surface area contributed by atoms with Gasteiger partial charge in [0.05, 0.1) is 5.16 Å². The number of pyridine rings is 1. The summed E-state index contributed by atoms with van der Waals surface area (Å²) in [6, 6.07) is 5.32. The molecular formula is C15H17N3O2. The van der Waals surface area contributed by atoms with Crippen molar-refractivity contribution in [2.75, 3.05) is 0 Å². The molecule has 5 nitrogen and oxygen atoms in total. The minimum atomic E-state index is 0.270. The number of hydrogen-bond acceptors (Lipinski definition) is 4. The van der Waals surface area contributed by atoms with E-state index in [1.54, 1.807) is 24.4 Å². The molecule has 0 amide bonds. The molecule has 0 saturated heterocycles. The van der Waals surface area contributed by atoms with Gasteiger partial charge in [0.2, 0.25) is 0 Å². The molecule has 20 heavy (non-hydrogen) atoms. The van der Waals surface area contributed by atoms with Crippen LogP contribution in [-0.4, -0.2) is 10.1 Å². The molecule has 0 unspecified atom stereocenters. The Morgan fingerprint density at radius 1 is 1.30 bits per heavy atom. The monoisotopic (exact) mass is 271 g/mol. The maximum Gasteiger partial charge on any atom is 0.300 e. The van der Waals surface area contributed by atoms with E-state index in [0.29, 0.717) is 16.3 Å². The van der Waals surface area contributed by atoms with Crippen LogP contribution in [0.5, 0.6) is 0 Å². The Hall–Kier alpha value is -2.35. The van der Waals surface area contributed by atoms with Crippen LogP contribution >= 0.6 is 0 Å². The largest absolute Gasteiger partial charge is 0.359 e. The van der Waals surface area contributed by atoms with Gasteiger partial charge in [-0.25, -0.2) is 0 Å². The van der Waals surface area contributed by atoms with Crippen molar-refractivity contribution in [2.24, 2.45) is 0 Å². The standard InChI is InChI=1S/C15H17N3O2/c1-2-3-4-5-6-7-11-14-15(18(19)20-17-14)13-10-8-9-12-16-13/h8-10,12H,2-6H2,1H3. The van der Waals surface area contributed by atoms with E-state index in [-0.39, 0.29) is 5.69 Å². The lowest BCUT2D eigenvalue weighted by Gasteiger charge is -1.94. The topological polar surface area (TPSA) is 65.9 Å². The lowest BCUT2D eigenvalue weighted by atomic mass is 10.1. The van der Waals surface area contributed by atoms with Gasteiger partial charge < -0.3 is 5.21 Å². The number of aromatic nitrogens is 3. The molecule has 2 aromatic rings. The van der Waals surface area contributed by atoms with E-state index in [9.17, 15) is 5.21 Å². The van der Waals surface area contributed by atoms with Gasteiger partial charge in [-0.3, -0.25) is 9.61 Å². The zero-order chi connectivity index (χ0) is 14.2. The zero-order valence-corrected chi connectivity index (χ0v) is 11.5. The second-order valence-corrected chi connectivity index (χ2v) is 4.45. The Labute approximate surface area is 118 Å². The number of unbranched alkanes of at least 4 members (excludes halogenated alkanes) is 4. The summed E-state index contributed by atoms with van der Waals surface area (Å²) in [7, 11) is 0. The summed E-state index contributed by atoms with van der Waals surface area (Å²) in [6.07, 6.45) is 7.09. The Morgan fingerprint density at radius 2 is 2.20 bits per heavy atom. The molecule has 2 rings (SSSR count). The third kappa shape index (κ3) is 3.58. The molecule has 5 heteroatoms. The molecule has 0 aliphatic carbocycles. The van der Waals surface area contributed by atoms with E-state index in [4.69, 9.17) is 0 Å². The van der Waals surface area contributed by atoms with Crippen molar-refractivity contribution in [2.45, 2.75) is 39.0 Å². The first kappa shape index (κ1) is 14.1. The lowest BCUT2D eigenvalue weighted by Crippen LogP contribution is -2.25. The molecule has 0 fully saturated rings. The average molecular weight is 271 g/mol. The molecule has 0 aliphatic heterocycles. The van der Waals surface area contributed by atoms with Crippen LogP contribution in [-0.2, 0) is 0 Å². The van der Waals surface area contributed by atoms with Gasteiger partial charge in [-0.15, -0.1) is 0 Å². The third-order valence-electron chi connectivity index (χ3n) is 2.88. The van der Waals surface area contributed by atoms with Crippen LogP contribution in [0.4, 0.5) is 0 Å². The molecule has 0 N–H and O–H groups in total. The Morgan fingerprint density at radius 3 is 2.95 bits per heavy atom. The van der Waals surface area contributed by atoms with E-state index in [1.807, 2.05) is 0 Å². The molecule has 2 heterocycles. The zero-order valence-electron chi connectivity index (χ0n) is 11.5. The predicted molar refractivity (Wildman–Crippen MR) is 74.3 cm³/mol. The molecule has 2 aromatic heterocycles. The highest BCUT2D eigenvalue weighted by atomic mass is 16.8. The van der Waals surface area contributed by atoms with Gasteiger partial charge in [0.1, 0.15) is 5.69 Å². The summed E-state index contributed by atoms with van der Waals surface area (Å²) >= 11 is 0. The highest BCUT2D eigenvalue weighted by Crippen LogP contribution is 2.14. The SMILES string of the molecule is CCCCCCC#Cc1no[n+]([O-])c1-c1ccccn1. The molecule has 0 spiro atoms. The fourth-order valence-corrected chi connectivity index (χ4v) is 1.83. The molecule has 0 aromatic carbocycles. The first-order chi connectivity index (χ1) is 9.83. The van der Waals surface area contributed by atoms with Gasteiger partial charge in [0.15, 0.2) is 0 Å². The van der Waals surface area contributed by atoms with Gasteiger partial charge in [0, 0.05) is 12.6 Å². The fourth-order valence-electron chi connectivity index (χ4n) is 1.83. The smallest absolute Gasteiger partial charge is 0.300 e. The van der Waals surface area contributed by atoms with Crippen molar-refractivity contribution in [1.82, 2.24) is 10.1 Å². The molecule has 0 bridgehead atoms. The van der Waals surface area contributed by atoms with Crippen molar-refractivity contribution < 1.29 is 9.53 Å². The van der Waals surface area contributed by atoms with Crippen molar-refractivity contribution in [3.05, 3.63) is 35.3 Å². The molecule has 0 radical (unpaired) electrons. The Balaban J connectivity index is 2.09. The van der Waals surface area contributed by atoms with Crippen LogP contribution in [0.1, 0.15) is 44.7 Å². The fraction of sp³-hybridized carbons (Fsp3) is 0.400. The van der Waals surface area contributed by atoms with Crippen molar-refractivity contribution in [1.29, 1.82) is 0 Å². The van der Waals surface area contributed by atoms with E-state index in [0.717, 1.165) is 12.8 Å². The molecule has 104 valence electrons. The van der Waals surface area contributed by atoms with E-state index < -0.39 is 0 Å². The second kappa shape index (κ2) is 7.29. The molecule has 0 aliphatic rings. The minimum absolute atomic E-state index is 0.270. The van der Waals surface area contributed by atoms with Crippen LogP contribution in [0.25, 0.3) is 11.4 Å². The molecular weight excluding hydrogens is 254 g/mol. The normalized spacial score (nSPS) is 10.1. The number of rotatable bonds is 5.